The van der Waals surface area contributed by atoms with E-state index in [4.69, 9.17) is 14.2 Å². The Bertz CT molecular complexity index is 719. The van der Waals surface area contributed by atoms with E-state index in [9.17, 15) is 9.59 Å². The van der Waals surface area contributed by atoms with Gasteiger partial charge in [-0.3, -0.25) is 4.79 Å². The normalized spacial score (nSPS) is 10.1. The van der Waals surface area contributed by atoms with Crippen molar-refractivity contribution >= 4 is 11.8 Å². The molecule has 0 atom stereocenters. The van der Waals surface area contributed by atoms with Crippen molar-refractivity contribution in [3.05, 3.63) is 59.2 Å². The lowest BCUT2D eigenvalue weighted by atomic mass is 10.1. The first-order valence-corrected chi connectivity index (χ1v) is 7.63. The minimum atomic E-state index is -0.509. The molecule has 0 bridgehead atoms. The highest BCUT2D eigenvalue weighted by Gasteiger charge is 2.16. The maximum Gasteiger partial charge on any atom is 0.341 e. The summed E-state index contributed by atoms with van der Waals surface area (Å²) in [5.41, 5.74) is 1.62. The minimum absolute atomic E-state index is 0.123. The molecule has 2 aromatic carbocycles. The SMILES string of the molecule is CCOC(=O)c1cc(C(C)=O)ccc1OCc1ccc(OC)cc1. The fraction of sp³-hybridized carbons (Fsp3) is 0.263. The second-order valence-electron chi connectivity index (χ2n) is 5.12. The Labute approximate surface area is 141 Å². The summed E-state index contributed by atoms with van der Waals surface area (Å²) in [6, 6.07) is 12.2. The number of Topliss-reactive ketones (excluding diaryl/α,β-unsaturated/α-hetero) is 1. The zero-order chi connectivity index (χ0) is 17.5. The predicted molar refractivity (Wildman–Crippen MR) is 89.7 cm³/mol. The van der Waals surface area contributed by atoms with Crippen LogP contribution < -0.4 is 9.47 Å². The fourth-order valence-electron chi connectivity index (χ4n) is 2.13. The summed E-state index contributed by atoms with van der Waals surface area (Å²) in [4.78, 5) is 23.6. The highest BCUT2D eigenvalue weighted by Crippen LogP contribution is 2.23. The number of ether oxygens (including phenoxy) is 3. The smallest absolute Gasteiger partial charge is 0.341 e. The van der Waals surface area contributed by atoms with Gasteiger partial charge >= 0.3 is 5.97 Å². The van der Waals surface area contributed by atoms with Crippen molar-refractivity contribution in [2.24, 2.45) is 0 Å². The first-order chi connectivity index (χ1) is 11.5. The summed E-state index contributed by atoms with van der Waals surface area (Å²) in [6.45, 7) is 3.71. The van der Waals surface area contributed by atoms with Crippen LogP contribution in [0.3, 0.4) is 0 Å². The van der Waals surface area contributed by atoms with E-state index in [1.165, 1.54) is 13.0 Å². The van der Waals surface area contributed by atoms with Gasteiger partial charge in [-0.2, -0.15) is 0 Å². The Balaban J connectivity index is 2.20. The van der Waals surface area contributed by atoms with Crippen LogP contribution in [0.15, 0.2) is 42.5 Å². The largest absolute Gasteiger partial charge is 0.497 e. The van der Waals surface area contributed by atoms with E-state index in [-0.39, 0.29) is 24.6 Å². The summed E-state index contributed by atoms with van der Waals surface area (Å²) in [5.74, 6) is 0.513. The highest BCUT2D eigenvalue weighted by atomic mass is 16.5. The standard InChI is InChI=1S/C19H20O5/c1-4-23-19(21)17-11-15(13(2)20)7-10-18(17)24-12-14-5-8-16(22-3)9-6-14/h5-11H,4,12H2,1-3H3. The molecular weight excluding hydrogens is 308 g/mol. The third-order valence-corrected chi connectivity index (χ3v) is 3.43. The van der Waals surface area contributed by atoms with Crippen molar-refractivity contribution in [1.82, 2.24) is 0 Å². The van der Waals surface area contributed by atoms with Crippen LogP contribution in [-0.2, 0) is 11.3 Å². The zero-order valence-electron chi connectivity index (χ0n) is 14.0. The molecule has 0 N–H and O–H groups in total. The molecule has 0 fully saturated rings. The molecule has 0 heterocycles. The summed E-state index contributed by atoms with van der Waals surface area (Å²) < 4.78 is 15.9. The Kier molecular flexibility index (Phi) is 5.95. The summed E-state index contributed by atoms with van der Waals surface area (Å²) in [5, 5.41) is 0. The number of carbonyl (C=O) groups excluding carboxylic acids is 2. The van der Waals surface area contributed by atoms with E-state index in [2.05, 4.69) is 0 Å². The molecule has 24 heavy (non-hydrogen) atoms. The number of hydrogen-bond acceptors (Lipinski definition) is 5. The van der Waals surface area contributed by atoms with Gasteiger partial charge in [0.15, 0.2) is 5.78 Å². The molecule has 5 heteroatoms. The number of benzene rings is 2. The number of ketones is 1. The van der Waals surface area contributed by atoms with Gasteiger partial charge in [-0.15, -0.1) is 0 Å². The molecule has 0 aromatic heterocycles. The molecule has 2 rings (SSSR count). The van der Waals surface area contributed by atoms with Gasteiger partial charge in [0.2, 0.25) is 0 Å². The van der Waals surface area contributed by atoms with Crippen LogP contribution >= 0.6 is 0 Å². The lowest BCUT2D eigenvalue weighted by Gasteiger charge is -2.12. The number of esters is 1. The van der Waals surface area contributed by atoms with Crippen molar-refractivity contribution < 1.29 is 23.8 Å². The van der Waals surface area contributed by atoms with E-state index in [1.807, 2.05) is 24.3 Å². The molecule has 0 unspecified atom stereocenters. The van der Waals surface area contributed by atoms with Crippen LogP contribution in [0.5, 0.6) is 11.5 Å². The summed E-state index contributed by atoms with van der Waals surface area (Å²) in [7, 11) is 1.60. The maximum absolute atomic E-state index is 12.1. The van der Waals surface area contributed by atoms with Crippen molar-refractivity contribution in [1.29, 1.82) is 0 Å². The third kappa shape index (κ3) is 4.35. The topological polar surface area (TPSA) is 61.8 Å². The second kappa shape index (κ2) is 8.15. The molecule has 126 valence electrons. The quantitative estimate of drug-likeness (QED) is 0.573. The van der Waals surface area contributed by atoms with Crippen molar-refractivity contribution in [3.8, 4) is 11.5 Å². The molecule has 0 spiro atoms. The number of methoxy groups -OCH3 is 1. The average Bonchev–Trinajstić information content (AvgIpc) is 2.60. The van der Waals surface area contributed by atoms with Gasteiger partial charge in [-0.05, 0) is 49.7 Å². The van der Waals surface area contributed by atoms with Crippen LogP contribution in [0.1, 0.15) is 40.1 Å². The Hall–Kier alpha value is -2.82. The van der Waals surface area contributed by atoms with E-state index in [1.54, 1.807) is 26.2 Å². The van der Waals surface area contributed by atoms with E-state index < -0.39 is 5.97 Å². The summed E-state index contributed by atoms with van der Waals surface area (Å²) >= 11 is 0. The van der Waals surface area contributed by atoms with Gasteiger partial charge in [-0.1, -0.05) is 12.1 Å². The van der Waals surface area contributed by atoms with E-state index >= 15 is 0 Å². The van der Waals surface area contributed by atoms with Crippen LogP contribution in [0, 0.1) is 0 Å². The van der Waals surface area contributed by atoms with Crippen molar-refractivity contribution in [2.75, 3.05) is 13.7 Å². The van der Waals surface area contributed by atoms with Crippen LogP contribution in [-0.4, -0.2) is 25.5 Å². The highest BCUT2D eigenvalue weighted by molar-refractivity contribution is 5.99. The first-order valence-electron chi connectivity index (χ1n) is 7.63. The first kappa shape index (κ1) is 17.5. The molecule has 0 aliphatic rings. The molecule has 0 saturated heterocycles. The van der Waals surface area contributed by atoms with Gasteiger partial charge < -0.3 is 14.2 Å². The molecule has 0 saturated carbocycles. The van der Waals surface area contributed by atoms with E-state index in [0.29, 0.717) is 11.3 Å². The Morgan fingerprint density at radius 3 is 2.33 bits per heavy atom. The van der Waals surface area contributed by atoms with Crippen LogP contribution in [0.2, 0.25) is 0 Å². The van der Waals surface area contributed by atoms with Gasteiger partial charge in [0.05, 0.1) is 13.7 Å². The third-order valence-electron chi connectivity index (χ3n) is 3.43. The Morgan fingerprint density at radius 2 is 1.75 bits per heavy atom. The number of hydrogen-bond donors (Lipinski definition) is 0. The van der Waals surface area contributed by atoms with Gasteiger partial charge in [0.1, 0.15) is 23.7 Å². The van der Waals surface area contributed by atoms with Gasteiger partial charge in [0.25, 0.3) is 0 Å². The van der Waals surface area contributed by atoms with Crippen molar-refractivity contribution in [2.45, 2.75) is 20.5 Å². The molecule has 2 aromatic rings. The summed E-state index contributed by atoms with van der Waals surface area (Å²) in [6.07, 6.45) is 0. The lowest BCUT2D eigenvalue weighted by molar-refractivity contribution is 0.0521. The predicted octanol–water partition coefficient (Wildman–Crippen LogP) is 3.65. The van der Waals surface area contributed by atoms with Gasteiger partial charge in [0, 0.05) is 5.56 Å². The van der Waals surface area contributed by atoms with Crippen LogP contribution in [0.25, 0.3) is 0 Å². The Morgan fingerprint density at radius 1 is 1.04 bits per heavy atom. The molecule has 5 nitrogen and oxygen atoms in total. The van der Waals surface area contributed by atoms with Crippen molar-refractivity contribution in [3.63, 3.8) is 0 Å². The molecular formula is C19H20O5. The molecule has 0 amide bonds. The van der Waals surface area contributed by atoms with E-state index in [0.717, 1.165) is 11.3 Å². The van der Waals surface area contributed by atoms with Gasteiger partial charge in [-0.25, -0.2) is 4.79 Å². The molecule has 0 aliphatic carbocycles. The zero-order valence-corrected chi connectivity index (χ0v) is 14.0. The maximum atomic E-state index is 12.1. The molecule has 0 aliphatic heterocycles. The number of rotatable bonds is 7. The average molecular weight is 328 g/mol. The fourth-order valence-corrected chi connectivity index (χ4v) is 2.13. The second-order valence-corrected chi connectivity index (χ2v) is 5.12. The number of carbonyl (C=O) groups is 2. The van der Waals surface area contributed by atoms with Crippen LogP contribution in [0.4, 0.5) is 0 Å². The lowest BCUT2D eigenvalue weighted by Crippen LogP contribution is -2.09. The minimum Gasteiger partial charge on any atom is -0.497 e. The monoisotopic (exact) mass is 328 g/mol. The molecule has 0 radical (unpaired) electrons.